The minimum absolute atomic E-state index is 0.0816. The molecule has 0 saturated carbocycles. The Kier molecular flexibility index (Phi) is 4.21. The maximum absolute atomic E-state index is 12.5. The lowest BCUT2D eigenvalue weighted by Crippen LogP contribution is -2.40. The number of amides is 1. The Morgan fingerprint density at radius 1 is 1.26 bits per heavy atom. The summed E-state index contributed by atoms with van der Waals surface area (Å²) in [6.07, 6.45) is 1.45. The van der Waals surface area contributed by atoms with Gasteiger partial charge in [-0.1, -0.05) is 0 Å². The summed E-state index contributed by atoms with van der Waals surface area (Å²) in [7, 11) is 0. The second-order valence-corrected chi connectivity index (χ2v) is 6.17. The van der Waals surface area contributed by atoms with Crippen LogP contribution in [-0.4, -0.2) is 57.1 Å². The first kappa shape index (κ1) is 17.0. The van der Waals surface area contributed by atoms with Crippen molar-refractivity contribution < 1.29 is 19.6 Å². The number of fused-ring (bicyclic) bond motifs is 1. The molecule has 3 aromatic rings. The van der Waals surface area contributed by atoms with Gasteiger partial charge in [-0.2, -0.15) is 0 Å². The van der Waals surface area contributed by atoms with Crippen LogP contribution in [0.5, 0.6) is 5.88 Å². The van der Waals surface area contributed by atoms with E-state index in [2.05, 4.69) is 9.97 Å². The number of nitrogens with one attached hydrogen (secondary N) is 1. The molecule has 1 saturated heterocycles. The van der Waals surface area contributed by atoms with Crippen LogP contribution in [0.25, 0.3) is 22.2 Å². The summed E-state index contributed by atoms with van der Waals surface area (Å²) in [5.41, 5.74) is 1.69. The van der Waals surface area contributed by atoms with Crippen molar-refractivity contribution >= 4 is 22.5 Å². The maximum atomic E-state index is 12.5. The van der Waals surface area contributed by atoms with Gasteiger partial charge < -0.3 is 19.7 Å². The fourth-order valence-electron chi connectivity index (χ4n) is 3.16. The number of nitro benzene ring substituents is 1. The quantitative estimate of drug-likeness (QED) is 0.540. The smallest absolute Gasteiger partial charge is 0.270 e. The largest absolute Gasteiger partial charge is 0.494 e. The van der Waals surface area contributed by atoms with E-state index < -0.39 is 4.92 Å². The predicted octanol–water partition coefficient (Wildman–Crippen LogP) is 2.32. The average Bonchev–Trinajstić information content (AvgIpc) is 3.03. The highest BCUT2D eigenvalue weighted by Crippen LogP contribution is 2.37. The van der Waals surface area contributed by atoms with Crippen LogP contribution in [0.3, 0.4) is 0 Å². The van der Waals surface area contributed by atoms with E-state index in [0.717, 1.165) is 0 Å². The summed E-state index contributed by atoms with van der Waals surface area (Å²) < 4.78 is 5.25. The number of hydrogen-bond donors (Lipinski definition) is 2. The van der Waals surface area contributed by atoms with Crippen molar-refractivity contribution in [2.75, 3.05) is 26.3 Å². The third-order valence-electron chi connectivity index (χ3n) is 4.54. The van der Waals surface area contributed by atoms with Gasteiger partial charge in [0.2, 0.25) is 0 Å². The molecule has 1 amide bonds. The summed E-state index contributed by atoms with van der Waals surface area (Å²) in [4.78, 5) is 31.8. The van der Waals surface area contributed by atoms with E-state index >= 15 is 0 Å². The van der Waals surface area contributed by atoms with E-state index in [1.54, 1.807) is 17.0 Å². The van der Waals surface area contributed by atoms with E-state index in [1.807, 2.05) is 0 Å². The first-order valence-corrected chi connectivity index (χ1v) is 8.37. The van der Waals surface area contributed by atoms with Gasteiger partial charge in [0.1, 0.15) is 0 Å². The number of ether oxygens (including phenoxy) is 1. The molecule has 0 atom stereocenters. The number of benzene rings is 1. The molecule has 2 aromatic heterocycles. The Hall–Kier alpha value is -3.46. The molecule has 0 unspecified atom stereocenters. The summed E-state index contributed by atoms with van der Waals surface area (Å²) in [6.45, 7) is 2.10. The van der Waals surface area contributed by atoms with E-state index in [0.29, 0.717) is 54.0 Å². The zero-order valence-electron chi connectivity index (χ0n) is 14.2. The normalized spacial score (nSPS) is 14.4. The lowest BCUT2D eigenvalue weighted by molar-refractivity contribution is -0.384. The van der Waals surface area contributed by atoms with Crippen LogP contribution in [0.1, 0.15) is 10.4 Å². The van der Waals surface area contributed by atoms with Gasteiger partial charge >= 0.3 is 0 Å². The highest BCUT2D eigenvalue weighted by atomic mass is 16.6. The Labute approximate surface area is 153 Å². The zero-order chi connectivity index (χ0) is 19.0. The van der Waals surface area contributed by atoms with E-state index in [1.165, 1.54) is 24.4 Å². The van der Waals surface area contributed by atoms with E-state index in [4.69, 9.17) is 4.74 Å². The van der Waals surface area contributed by atoms with Crippen LogP contribution < -0.4 is 0 Å². The highest BCUT2D eigenvalue weighted by molar-refractivity contribution is 6.00. The minimum Gasteiger partial charge on any atom is -0.494 e. The number of aromatic amines is 1. The Morgan fingerprint density at radius 3 is 2.70 bits per heavy atom. The first-order valence-electron chi connectivity index (χ1n) is 8.37. The van der Waals surface area contributed by atoms with Gasteiger partial charge in [-0.3, -0.25) is 19.9 Å². The van der Waals surface area contributed by atoms with E-state index in [9.17, 15) is 20.0 Å². The predicted molar refractivity (Wildman–Crippen MR) is 96.6 cm³/mol. The number of aromatic hydroxyl groups is 1. The summed E-state index contributed by atoms with van der Waals surface area (Å²) >= 11 is 0. The van der Waals surface area contributed by atoms with Crippen LogP contribution >= 0.6 is 0 Å². The Balaban J connectivity index is 1.69. The number of H-pyrrole nitrogens is 1. The number of nitro groups is 1. The van der Waals surface area contributed by atoms with Crippen molar-refractivity contribution in [3.8, 4) is 17.1 Å². The molecule has 3 heterocycles. The maximum Gasteiger partial charge on any atom is 0.270 e. The molecule has 138 valence electrons. The Bertz CT molecular complexity index is 1020. The molecule has 1 aromatic carbocycles. The number of nitrogens with zero attached hydrogens (tertiary/aromatic N) is 3. The van der Waals surface area contributed by atoms with Gasteiger partial charge in [0, 0.05) is 42.3 Å². The molecule has 2 N–H and O–H groups in total. The standard InChI is InChI=1S/C18H16N4O5/c23-17-16(13-9-12(22(25)26)2-4-14(13)20-17)15-3-1-11(10-19-15)18(24)21-5-7-27-8-6-21/h1-4,9-10,20,23H,5-8H2. The van der Waals surface area contributed by atoms with Crippen molar-refractivity contribution in [1.29, 1.82) is 0 Å². The Morgan fingerprint density at radius 2 is 2.04 bits per heavy atom. The summed E-state index contributed by atoms with van der Waals surface area (Å²) in [6, 6.07) is 7.53. The number of hydrogen-bond acceptors (Lipinski definition) is 6. The second-order valence-electron chi connectivity index (χ2n) is 6.17. The molecule has 9 nitrogen and oxygen atoms in total. The van der Waals surface area contributed by atoms with Crippen molar-refractivity contribution in [3.63, 3.8) is 0 Å². The van der Waals surface area contributed by atoms with Crippen LogP contribution in [0.15, 0.2) is 36.5 Å². The summed E-state index contributed by atoms with van der Waals surface area (Å²) in [5.74, 6) is -0.263. The number of non-ortho nitro benzene ring substituents is 1. The number of carbonyl (C=O) groups is 1. The van der Waals surface area contributed by atoms with Crippen molar-refractivity contribution in [3.05, 3.63) is 52.2 Å². The molecule has 4 rings (SSSR count). The highest BCUT2D eigenvalue weighted by Gasteiger charge is 2.21. The summed E-state index contributed by atoms with van der Waals surface area (Å²) in [5, 5.41) is 21.8. The fraction of sp³-hybridized carbons (Fsp3) is 0.222. The lowest BCUT2D eigenvalue weighted by atomic mass is 10.1. The van der Waals surface area contributed by atoms with Gasteiger partial charge in [0.25, 0.3) is 11.6 Å². The van der Waals surface area contributed by atoms with Gasteiger partial charge in [-0.25, -0.2) is 0 Å². The molecule has 0 radical (unpaired) electrons. The number of pyridine rings is 1. The molecular formula is C18H16N4O5. The monoisotopic (exact) mass is 368 g/mol. The van der Waals surface area contributed by atoms with Crippen molar-refractivity contribution in [2.24, 2.45) is 0 Å². The third kappa shape index (κ3) is 3.08. The fourth-order valence-corrected chi connectivity index (χ4v) is 3.16. The van der Waals surface area contributed by atoms with Gasteiger partial charge in [0.15, 0.2) is 5.88 Å². The SMILES string of the molecule is O=C(c1ccc(-c2c(O)[nH]c3ccc([N+](=O)[O-])cc23)nc1)N1CCOCC1. The van der Waals surface area contributed by atoms with Crippen LogP contribution in [-0.2, 0) is 4.74 Å². The molecule has 0 bridgehead atoms. The molecule has 0 spiro atoms. The van der Waals surface area contributed by atoms with Crippen LogP contribution in [0.2, 0.25) is 0 Å². The number of morpholine rings is 1. The molecule has 9 heteroatoms. The van der Waals surface area contributed by atoms with Crippen molar-refractivity contribution in [2.45, 2.75) is 0 Å². The number of carbonyl (C=O) groups excluding carboxylic acids is 1. The molecule has 27 heavy (non-hydrogen) atoms. The van der Waals surface area contributed by atoms with Crippen molar-refractivity contribution in [1.82, 2.24) is 14.9 Å². The van der Waals surface area contributed by atoms with Gasteiger partial charge in [-0.05, 0) is 18.2 Å². The van der Waals surface area contributed by atoms with E-state index in [-0.39, 0.29) is 17.5 Å². The van der Waals surface area contributed by atoms with Crippen LogP contribution in [0, 0.1) is 10.1 Å². The zero-order valence-corrected chi connectivity index (χ0v) is 14.2. The van der Waals surface area contributed by atoms with Gasteiger partial charge in [0.05, 0.1) is 35.0 Å². The second kappa shape index (κ2) is 6.69. The first-order chi connectivity index (χ1) is 13.0. The molecule has 1 aliphatic rings. The molecular weight excluding hydrogens is 352 g/mol. The molecule has 1 fully saturated rings. The van der Waals surface area contributed by atoms with Gasteiger partial charge in [-0.15, -0.1) is 0 Å². The molecule has 1 aliphatic heterocycles. The lowest BCUT2D eigenvalue weighted by Gasteiger charge is -2.26. The molecule has 0 aliphatic carbocycles. The number of aromatic nitrogens is 2. The van der Waals surface area contributed by atoms with Crippen LogP contribution in [0.4, 0.5) is 5.69 Å². The number of rotatable bonds is 3. The third-order valence-corrected chi connectivity index (χ3v) is 4.54. The minimum atomic E-state index is -0.495. The average molecular weight is 368 g/mol. The topological polar surface area (TPSA) is 122 Å².